The highest BCUT2D eigenvalue weighted by Crippen LogP contribution is 2.38. The van der Waals surface area contributed by atoms with E-state index >= 15 is 0 Å². The Hall–Kier alpha value is -2.22. The normalized spacial score (nSPS) is 14.2. The lowest BCUT2D eigenvalue weighted by molar-refractivity contribution is -0.260. The van der Waals surface area contributed by atoms with Gasteiger partial charge in [-0.3, -0.25) is 0 Å². The average molecular weight is 340 g/mol. The van der Waals surface area contributed by atoms with Crippen LogP contribution in [-0.2, 0) is 18.4 Å². The van der Waals surface area contributed by atoms with Gasteiger partial charge in [0, 0.05) is 0 Å². The summed E-state index contributed by atoms with van der Waals surface area (Å²) in [4.78, 5) is 4.18. The Morgan fingerprint density at radius 2 is 1.62 bits per heavy atom. The Bertz CT molecular complexity index is 679. The molecule has 2 aromatic rings. The molecule has 0 radical (unpaired) electrons. The summed E-state index contributed by atoms with van der Waals surface area (Å²) in [6.07, 6.45) is -3.62. The lowest BCUT2D eigenvalue weighted by atomic mass is 9.93. The zero-order valence-electron chi connectivity index (χ0n) is 13.4. The van der Waals surface area contributed by atoms with Crippen molar-refractivity contribution in [3.8, 4) is 0 Å². The molecule has 0 saturated carbocycles. The Kier molecular flexibility index (Phi) is 5.38. The number of anilines is 1. The molecule has 0 amide bonds. The molecule has 1 aromatic carbocycles. The van der Waals surface area contributed by atoms with Crippen LogP contribution in [0.3, 0.4) is 0 Å². The van der Waals surface area contributed by atoms with Crippen LogP contribution in [0.25, 0.3) is 0 Å². The third-order valence-electron chi connectivity index (χ3n) is 3.73. The van der Waals surface area contributed by atoms with Crippen molar-refractivity contribution < 1.29 is 18.3 Å². The molecule has 8 heteroatoms. The van der Waals surface area contributed by atoms with E-state index in [1.54, 1.807) is 6.07 Å². The number of rotatable bonds is 6. The minimum atomic E-state index is -4.86. The van der Waals surface area contributed by atoms with Gasteiger partial charge in [0.15, 0.2) is 0 Å². The van der Waals surface area contributed by atoms with Crippen LogP contribution in [-0.4, -0.2) is 33.0 Å². The Morgan fingerprint density at radius 1 is 1.00 bits per heavy atom. The van der Waals surface area contributed by atoms with Gasteiger partial charge in [0.1, 0.15) is 0 Å². The second-order valence-electron chi connectivity index (χ2n) is 5.31. The lowest BCUT2D eigenvalue weighted by Crippen LogP contribution is -2.48. The van der Waals surface area contributed by atoms with Crippen molar-refractivity contribution >= 4 is 5.95 Å². The zero-order valence-corrected chi connectivity index (χ0v) is 13.4. The first-order chi connectivity index (χ1) is 11.3. The van der Waals surface area contributed by atoms with E-state index in [1.165, 1.54) is 24.3 Å². The molecule has 5 nitrogen and oxygen atoms in total. The van der Waals surface area contributed by atoms with Crippen LogP contribution in [0.4, 0.5) is 19.1 Å². The molecule has 1 unspecified atom stereocenters. The summed E-state index contributed by atoms with van der Waals surface area (Å²) in [5, 5.41) is 20.5. The summed E-state index contributed by atoms with van der Waals surface area (Å²) < 4.78 is 40.2. The van der Waals surface area contributed by atoms with E-state index in [-0.39, 0.29) is 11.5 Å². The number of nitrogens with zero attached hydrogens (tertiary/aromatic N) is 3. The average Bonchev–Trinajstić information content (AvgIpc) is 2.59. The molecular weight excluding hydrogens is 321 g/mol. The molecule has 1 atom stereocenters. The fourth-order valence-corrected chi connectivity index (χ4v) is 2.30. The van der Waals surface area contributed by atoms with Gasteiger partial charge in [0.25, 0.3) is 0 Å². The van der Waals surface area contributed by atoms with Crippen LogP contribution in [0.5, 0.6) is 0 Å². The third kappa shape index (κ3) is 3.64. The predicted molar refractivity (Wildman–Crippen MR) is 83.5 cm³/mol. The van der Waals surface area contributed by atoms with Crippen molar-refractivity contribution in [1.82, 2.24) is 15.2 Å². The molecule has 24 heavy (non-hydrogen) atoms. The van der Waals surface area contributed by atoms with Crippen LogP contribution < -0.4 is 5.32 Å². The van der Waals surface area contributed by atoms with E-state index in [0.29, 0.717) is 24.2 Å². The molecule has 1 heterocycles. The third-order valence-corrected chi connectivity index (χ3v) is 3.73. The van der Waals surface area contributed by atoms with Gasteiger partial charge in [0.2, 0.25) is 11.5 Å². The zero-order chi connectivity index (χ0) is 17.8. The van der Waals surface area contributed by atoms with Gasteiger partial charge in [0.05, 0.1) is 17.9 Å². The summed E-state index contributed by atoms with van der Waals surface area (Å²) in [5.74, 6) is -0.0392. The largest absolute Gasteiger partial charge is 0.423 e. The maximum Gasteiger partial charge on any atom is 0.423 e. The molecule has 0 aliphatic heterocycles. The second-order valence-corrected chi connectivity index (χ2v) is 5.31. The number of hydrogen-bond donors (Lipinski definition) is 2. The molecule has 2 N–H and O–H groups in total. The Labute approximate surface area is 138 Å². The molecule has 0 fully saturated rings. The molecule has 2 rings (SSSR count). The molecular formula is C16H19F3N4O. The van der Waals surface area contributed by atoms with E-state index in [4.69, 9.17) is 0 Å². The lowest BCUT2D eigenvalue weighted by Gasteiger charge is -2.31. The molecule has 0 spiro atoms. The molecule has 0 aliphatic carbocycles. The van der Waals surface area contributed by atoms with E-state index < -0.39 is 18.3 Å². The van der Waals surface area contributed by atoms with Crippen LogP contribution in [0.1, 0.15) is 30.8 Å². The smallest absolute Gasteiger partial charge is 0.375 e. The van der Waals surface area contributed by atoms with Gasteiger partial charge in [-0.15, -0.1) is 5.10 Å². The topological polar surface area (TPSA) is 70.9 Å². The second kappa shape index (κ2) is 7.12. The number of nitrogens with one attached hydrogen (secondary N) is 1. The van der Waals surface area contributed by atoms with Gasteiger partial charge >= 0.3 is 6.18 Å². The summed E-state index contributed by atoms with van der Waals surface area (Å²) in [6.45, 7) is 2.97. The Balaban J connectivity index is 2.26. The van der Waals surface area contributed by atoms with E-state index in [2.05, 4.69) is 20.5 Å². The maximum atomic E-state index is 13.4. The van der Waals surface area contributed by atoms with E-state index in [9.17, 15) is 18.3 Å². The summed E-state index contributed by atoms with van der Waals surface area (Å²) in [5.41, 5.74) is -1.92. The predicted octanol–water partition coefficient (Wildman–Crippen LogP) is 2.86. The van der Waals surface area contributed by atoms with Crippen LogP contribution >= 0.6 is 0 Å². The highest BCUT2D eigenvalue weighted by atomic mass is 19.4. The van der Waals surface area contributed by atoms with Gasteiger partial charge in [-0.2, -0.15) is 18.3 Å². The van der Waals surface area contributed by atoms with Gasteiger partial charge in [-0.1, -0.05) is 44.2 Å². The van der Waals surface area contributed by atoms with Crippen LogP contribution in [0.15, 0.2) is 30.3 Å². The number of aryl methyl sites for hydroxylation is 2. The molecule has 0 aliphatic rings. The van der Waals surface area contributed by atoms with E-state index in [1.807, 2.05) is 13.8 Å². The first-order valence-corrected chi connectivity index (χ1v) is 7.62. The van der Waals surface area contributed by atoms with Gasteiger partial charge < -0.3 is 10.4 Å². The van der Waals surface area contributed by atoms with Crippen LogP contribution in [0.2, 0.25) is 0 Å². The Morgan fingerprint density at radius 3 is 2.17 bits per heavy atom. The first-order valence-electron chi connectivity index (χ1n) is 7.62. The fourth-order valence-electron chi connectivity index (χ4n) is 2.30. The van der Waals surface area contributed by atoms with Crippen molar-refractivity contribution in [3.63, 3.8) is 0 Å². The number of hydrogen-bond acceptors (Lipinski definition) is 5. The van der Waals surface area contributed by atoms with Crippen molar-refractivity contribution in [2.24, 2.45) is 0 Å². The highest BCUT2D eigenvalue weighted by molar-refractivity contribution is 5.31. The summed E-state index contributed by atoms with van der Waals surface area (Å²) >= 11 is 0. The number of aromatic nitrogens is 3. The quantitative estimate of drug-likeness (QED) is 0.846. The first kappa shape index (κ1) is 18.1. The standard InChI is InChI=1S/C16H19F3N4O/c1-3-12-13(4-2)22-23-14(21-12)20-10-15(24,16(17,18)19)11-8-6-5-7-9-11/h5-9,24H,3-4,10H2,1-2H3,(H,20,21,23). The van der Waals surface area contributed by atoms with Crippen molar-refractivity contribution in [2.75, 3.05) is 11.9 Å². The minimum absolute atomic E-state index is 0.0392. The van der Waals surface area contributed by atoms with E-state index in [0.717, 1.165) is 0 Å². The SMILES string of the molecule is CCc1nnc(NCC(O)(c2ccccc2)C(F)(F)F)nc1CC. The molecule has 0 bridgehead atoms. The molecule has 130 valence electrons. The van der Waals surface area contributed by atoms with Crippen molar-refractivity contribution in [3.05, 3.63) is 47.3 Å². The fraction of sp³-hybridized carbons (Fsp3) is 0.438. The van der Waals surface area contributed by atoms with Crippen molar-refractivity contribution in [2.45, 2.75) is 38.5 Å². The monoisotopic (exact) mass is 340 g/mol. The summed E-state index contributed by atoms with van der Waals surface area (Å²) in [7, 11) is 0. The van der Waals surface area contributed by atoms with Gasteiger partial charge in [-0.05, 0) is 18.4 Å². The number of halogens is 3. The number of aliphatic hydroxyl groups is 1. The highest BCUT2D eigenvalue weighted by Gasteiger charge is 2.54. The van der Waals surface area contributed by atoms with Crippen molar-refractivity contribution in [1.29, 1.82) is 0 Å². The molecule has 0 saturated heterocycles. The number of benzene rings is 1. The van der Waals surface area contributed by atoms with Gasteiger partial charge in [-0.25, -0.2) is 4.98 Å². The number of alkyl halides is 3. The summed E-state index contributed by atoms with van der Waals surface area (Å²) in [6, 6.07) is 6.92. The van der Waals surface area contributed by atoms with Crippen LogP contribution in [0, 0.1) is 0 Å². The minimum Gasteiger partial charge on any atom is -0.375 e. The molecule has 1 aromatic heterocycles. The maximum absolute atomic E-state index is 13.4.